The first-order valence-electron chi connectivity index (χ1n) is 12.6. The maximum absolute atomic E-state index is 12.6. The van der Waals surface area contributed by atoms with Crippen LogP contribution in [0.4, 0.5) is 10.5 Å². The highest BCUT2D eigenvalue weighted by molar-refractivity contribution is 5.95. The minimum atomic E-state index is -0.659. The van der Waals surface area contributed by atoms with Gasteiger partial charge in [-0.2, -0.15) is 0 Å². The number of nitrogens with zero attached hydrogens (tertiary/aromatic N) is 3. The number of hydrogen-bond donors (Lipinski definition) is 1. The summed E-state index contributed by atoms with van der Waals surface area (Å²) in [4.78, 5) is 30.9. The summed E-state index contributed by atoms with van der Waals surface area (Å²) in [5.74, 6) is 0.197. The molecular formula is C28H31N3O4. The van der Waals surface area contributed by atoms with E-state index in [4.69, 9.17) is 9.72 Å². The molecule has 1 spiro atoms. The third-order valence-corrected chi connectivity index (χ3v) is 8.51. The lowest BCUT2D eigenvalue weighted by atomic mass is 9.50. The van der Waals surface area contributed by atoms with E-state index in [0.29, 0.717) is 6.04 Å². The number of amides is 1. The number of carbonyl (C=O) groups is 2. The summed E-state index contributed by atoms with van der Waals surface area (Å²) in [7, 11) is 1.43. The van der Waals surface area contributed by atoms with Crippen molar-refractivity contribution in [2.45, 2.75) is 64.0 Å². The lowest BCUT2D eigenvalue weighted by molar-refractivity contribution is -0.157. The van der Waals surface area contributed by atoms with Gasteiger partial charge in [-0.05, 0) is 68.6 Å². The Kier molecular flexibility index (Phi) is 5.13. The molecule has 2 saturated carbocycles. The van der Waals surface area contributed by atoms with Crippen LogP contribution >= 0.6 is 0 Å². The summed E-state index contributed by atoms with van der Waals surface area (Å²) in [6.45, 7) is 2.06. The van der Waals surface area contributed by atoms with Gasteiger partial charge < -0.3 is 14.4 Å². The molecule has 1 atom stereocenters. The SMILES string of the molecule is COC(=O)N1c2ccc3c(nc(Cc4ccccc4)n3C3CC4(CC(C(=O)O)C4)C3)c2CC[C@@H]1C. The molecule has 7 heteroatoms. The third kappa shape index (κ3) is 3.51. The number of anilines is 1. The minimum Gasteiger partial charge on any atom is -0.481 e. The van der Waals surface area contributed by atoms with Crippen LogP contribution in [0.25, 0.3) is 11.0 Å². The predicted molar refractivity (Wildman–Crippen MR) is 133 cm³/mol. The number of ether oxygens (including phenoxy) is 1. The van der Waals surface area contributed by atoms with Crippen molar-refractivity contribution in [3.05, 3.63) is 59.4 Å². The largest absolute Gasteiger partial charge is 0.481 e. The number of carbonyl (C=O) groups excluding carboxylic acids is 1. The second kappa shape index (κ2) is 8.11. The van der Waals surface area contributed by atoms with Gasteiger partial charge in [0.15, 0.2) is 0 Å². The zero-order chi connectivity index (χ0) is 24.3. The van der Waals surface area contributed by atoms with Crippen LogP contribution in [-0.2, 0) is 22.4 Å². The average Bonchev–Trinajstić information content (AvgIpc) is 3.15. The van der Waals surface area contributed by atoms with Crippen molar-refractivity contribution < 1.29 is 19.4 Å². The lowest BCUT2D eigenvalue weighted by Crippen LogP contribution is -2.50. The average molecular weight is 474 g/mol. The molecule has 1 aromatic heterocycles. The van der Waals surface area contributed by atoms with E-state index in [9.17, 15) is 14.7 Å². The fraction of sp³-hybridized carbons (Fsp3) is 0.464. The van der Waals surface area contributed by atoms with Gasteiger partial charge in [-0.1, -0.05) is 30.3 Å². The molecule has 7 nitrogen and oxygen atoms in total. The second-order valence-electron chi connectivity index (χ2n) is 10.7. The first kappa shape index (κ1) is 22.1. The molecule has 3 aliphatic rings. The Morgan fingerprint density at radius 2 is 1.86 bits per heavy atom. The molecule has 2 heterocycles. The molecule has 0 unspecified atom stereocenters. The van der Waals surface area contributed by atoms with Crippen LogP contribution in [0.1, 0.15) is 62.0 Å². The molecule has 0 radical (unpaired) electrons. The first-order chi connectivity index (χ1) is 16.9. The Hall–Kier alpha value is -3.35. The number of methoxy groups -OCH3 is 1. The van der Waals surface area contributed by atoms with Gasteiger partial charge in [0.1, 0.15) is 5.82 Å². The van der Waals surface area contributed by atoms with Crippen molar-refractivity contribution in [2.24, 2.45) is 11.3 Å². The normalized spacial score (nSPS) is 27.3. The van der Waals surface area contributed by atoms with Gasteiger partial charge >= 0.3 is 12.1 Å². The van der Waals surface area contributed by atoms with E-state index in [2.05, 4.69) is 41.8 Å². The molecule has 2 aliphatic carbocycles. The highest BCUT2D eigenvalue weighted by Crippen LogP contribution is 2.63. The van der Waals surface area contributed by atoms with Gasteiger partial charge in [0.05, 0.1) is 29.7 Å². The molecule has 6 rings (SSSR count). The summed E-state index contributed by atoms with van der Waals surface area (Å²) in [5, 5.41) is 9.34. The van der Waals surface area contributed by atoms with Gasteiger partial charge in [0.2, 0.25) is 0 Å². The monoisotopic (exact) mass is 473 g/mol. The maximum atomic E-state index is 12.6. The quantitative estimate of drug-likeness (QED) is 0.552. The number of carboxylic acid groups (broad SMARTS) is 1. The summed E-state index contributed by atoms with van der Waals surface area (Å²) in [6, 6.07) is 14.9. The van der Waals surface area contributed by atoms with Crippen molar-refractivity contribution in [1.29, 1.82) is 0 Å². The summed E-state index contributed by atoms with van der Waals surface area (Å²) >= 11 is 0. The van der Waals surface area contributed by atoms with E-state index in [-0.39, 0.29) is 23.5 Å². The fourth-order valence-electron chi connectivity index (χ4n) is 6.75. The molecule has 2 aromatic carbocycles. The zero-order valence-electron chi connectivity index (χ0n) is 20.2. The summed E-state index contributed by atoms with van der Waals surface area (Å²) in [5.41, 5.74) is 5.50. The van der Waals surface area contributed by atoms with Crippen molar-refractivity contribution in [3.8, 4) is 0 Å². The molecule has 0 bridgehead atoms. The van der Waals surface area contributed by atoms with Crippen molar-refractivity contribution in [1.82, 2.24) is 9.55 Å². The number of aromatic nitrogens is 2. The van der Waals surface area contributed by atoms with E-state index in [0.717, 1.165) is 73.1 Å². The van der Waals surface area contributed by atoms with E-state index >= 15 is 0 Å². The van der Waals surface area contributed by atoms with Crippen LogP contribution in [0.2, 0.25) is 0 Å². The zero-order valence-corrected chi connectivity index (χ0v) is 20.2. The maximum Gasteiger partial charge on any atom is 0.414 e. The number of imidazole rings is 1. The van der Waals surface area contributed by atoms with Crippen molar-refractivity contribution >= 4 is 28.8 Å². The van der Waals surface area contributed by atoms with Crippen LogP contribution in [0.5, 0.6) is 0 Å². The molecule has 35 heavy (non-hydrogen) atoms. The van der Waals surface area contributed by atoms with Gasteiger partial charge in [-0.15, -0.1) is 0 Å². The van der Waals surface area contributed by atoms with Crippen LogP contribution in [-0.4, -0.2) is 39.9 Å². The van der Waals surface area contributed by atoms with Gasteiger partial charge in [0.25, 0.3) is 0 Å². The van der Waals surface area contributed by atoms with Gasteiger partial charge in [0, 0.05) is 24.1 Å². The Morgan fingerprint density at radius 1 is 1.11 bits per heavy atom. The smallest absolute Gasteiger partial charge is 0.414 e. The number of benzene rings is 2. The third-order valence-electron chi connectivity index (χ3n) is 8.51. The van der Waals surface area contributed by atoms with Crippen LogP contribution < -0.4 is 4.90 Å². The number of aliphatic carboxylic acids is 1. The minimum absolute atomic E-state index is 0.0746. The topological polar surface area (TPSA) is 84.7 Å². The fourth-order valence-corrected chi connectivity index (χ4v) is 6.75. The molecule has 0 saturated heterocycles. The van der Waals surface area contributed by atoms with Crippen molar-refractivity contribution in [2.75, 3.05) is 12.0 Å². The summed E-state index contributed by atoms with van der Waals surface area (Å²) < 4.78 is 7.49. The second-order valence-corrected chi connectivity index (χ2v) is 10.7. The molecule has 2 fully saturated rings. The van der Waals surface area contributed by atoms with E-state index in [1.165, 1.54) is 12.7 Å². The number of fused-ring (bicyclic) bond motifs is 3. The number of carboxylic acids is 1. The summed E-state index contributed by atoms with van der Waals surface area (Å²) in [6.07, 6.45) is 5.74. The Balaban J connectivity index is 1.40. The van der Waals surface area contributed by atoms with Crippen LogP contribution in [0, 0.1) is 11.3 Å². The molecule has 1 amide bonds. The Labute approximate surface area is 204 Å². The highest BCUT2D eigenvalue weighted by atomic mass is 16.5. The number of hydrogen-bond acceptors (Lipinski definition) is 4. The van der Waals surface area contributed by atoms with E-state index in [1.807, 2.05) is 12.1 Å². The molecule has 182 valence electrons. The predicted octanol–water partition coefficient (Wildman–Crippen LogP) is 5.35. The van der Waals surface area contributed by atoms with Crippen molar-refractivity contribution in [3.63, 3.8) is 0 Å². The molecule has 3 aromatic rings. The Morgan fingerprint density at radius 3 is 2.54 bits per heavy atom. The van der Waals surface area contributed by atoms with E-state index < -0.39 is 5.97 Å². The van der Waals surface area contributed by atoms with Gasteiger partial charge in [-0.25, -0.2) is 9.78 Å². The van der Waals surface area contributed by atoms with E-state index in [1.54, 1.807) is 4.90 Å². The lowest BCUT2D eigenvalue weighted by Gasteiger charge is -2.57. The molecule has 1 aliphatic heterocycles. The molecular weight excluding hydrogens is 442 g/mol. The highest BCUT2D eigenvalue weighted by Gasteiger charge is 2.55. The molecule has 1 N–H and O–H groups in total. The van der Waals surface area contributed by atoms with Crippen LogP contribution in [0.3, 0.4) is 0 Å². The van der Waals surface area contributed by atoms with Gasteiger partial charge in [-0.3, -0.25) is 9.69 Å². The standard InChI is InChI=1S/C28H31N3O4/c1-17-8-9-21-22(30(17)27(34)35-2)10-11-23-25(21)29-24(12-18-6-4-3-5-7-18)31(23)20-15-28(16-20)13-19(14-28)26(32)33/h3-7,10-11,17,19-20H,8-9,12-16H2,1-2H3,(H,32,33)/t17-,19?,20?,28?/m0/s1. The Bertz CT molecular complexity index is 1300. The first-order valence-corrected chi connectivity index (χ1v) is 12.6. The number of aryl methyl sites for hydroxylation is 1. The van der Waals surface area contributed by atoms with Crippen LogP contribution in [0.15, 0.2) is 42.5 Å². The number of rotatable bonds is 4.